The molecule has 3 heteroatoms. The summed E-state index contributed by atoms with van der Waals surface area (Å²) in [4.78, 5) is 4.44. The van der Waals surface area contributed by atoms with E-state index in [1.165, 1.54) is 0 Å². The van der Waals surface area contributed by atoms with Gasteiger partial charge in [0.2, 0.25) is 0 Å². The highest BCUT2D eigenvalue weighted by Gasteiger charge is 2.07. The van der Waals surface area contributed by atoms with Gasteiger partial charge < -0.3 is 10.1 Å². The Balaban J connectivity index is 2.40. The van der Waals surface area contributed by atoms with Crippen molar-refractivity contribution in [1.29, 1.82) is 0 Å². The first kappa shape index (κ1) is 12.7. The van der Waals surface area contributed by atoms with E-state index in [1.54, 1.807) is 6.20 Å². The minimum Gasteiger partial charge on any atom is -0.491 e. The van der Waals surface area contributed by atoms with Crippen molar-refractivity contribution in [2.24, 2.45) is 5.92 Å². The predicted molar refractivity (Wildman–Crippen MR) is 76.2 cm³/mol. The number of pyridine rings is 1. The SMILES string of the molecule is CCNc1ccc(OCC(C)C)c2ncccc12. The Kier molecular flexibility index (Phi) is 4.03. The number of ether oxygens (including phenoxy) is 1. The van der Waals surface area contributed by atoms with Gasteiger partial charge in [0.25, 0.3) is 0 Å². The third-order valence-electron chi connectivity index (χ3n) is 2.67. The van der Waals surface area contributed by atoms with Gasteiger partial charge in [-0.3, -0.25) is 4.98 Å². The van der Waals surface area contributed by atoms with E-state index in [1.807, 2.05) is 12.1 Å². The van der Waals surface area contributed by atoms with Gasteiger partial charge in [-0.1, -0.05) is 13.8 Å². The Morgan fingerprint density at radius 1 is 1.28 bits per heavy atom. The van der Waals surface area contributed by atoms with Gasteiger partial charge in [-0.15, -0.1) is 0 Å². The molecule has 0 saturated heterocycles. The van der Waals surface area contributed by atoms with Crippen LogP contribution in [0.1, 0.15) is 20.8 Å². The van der Waals surface area contributed by atoms with Crippen LogP contribution in [0.5, 0.6) is 5.75 Å². The van der Waals surface area contributed by atoms with Gasteiger partial charge in [0.15, 0.2) is 0 Å². The van der Waals surface area contributed by atoms with Gasteiger partial charge in [0.05, 0.1) is 6.61 Å². The zero-order chi connectivity index (χ0) is 13.0. The number of aromatic nitrogens is 1. The Bertz CT molecular complexity index is 523. The topological polar surface area (TPSA) is 34.1 Å². The molecule has 3 nitrogen and oxygen atoms in total. The van der Waals surface area contributed by atoms with Crippen LogP contribution in [0.3, 0.4) is 0 Å². The smallest absolute Gasteiger partial charge is 0.145 e. The van der Waals surface area contributed by atoms with E-state index in [2.05, 4.69) is 43.2 Å². The molecule has 0 aliphatic heterocycles. The van der Waals surface area contributed by atoms with Gasteiger partial charge in [0.1, 0.15) is 11.3 Å². The number of fused-ring (bicyclic) bond motifs is 1. The average Bonchev–Trinajstić information content (AvgIpc) is 2.38. The van der Waals surface area contributed by atoms with Crippen LogP contribution in [0.2, 0.25) is 0 Å². The van der Waals surface area contributed by atoms with Crippen molar-refractivity contribution < 1.29 is 4.74 Å². The van der Waals surface area contributed by atoms with Gasteiger partial charge in [0, 0.05) is 23.8 Å². The Morgan fingerprint density at radius 3 is 2.83 bits per heavy atom. The molecule has 0 fully saturated rings. The van der Waals surface area contributed by atoms with E-state index in [9.17, 15) is 0 Å². The number of hydrogen-bond donors (Lipinski definition) is 1. The second-order valence-electron chi connectivity index (χ2n) is 4.75. The Hall–Kier alpha value is -1.77. The van der Waals surface area contributed by atoms with E-state index in [0.717, 1.165) is 28.9 Å². The summed E-state index contributed by atoms with van der Waals surface area (Å²) in [6.07, 6.45) is 1.81. The lowest BCUT2D eigenvalue weighted by Crippen LogP contribution is -2.06. The third-order valence-corrected chi connectivity index (χ3v) is 2.67. The number of hydrogen-bond acceptors (Lipinski definition) is 3. The summed E-state index contributed by atoms with van der Waals surface area (Å²) < 4.78 is 5.82. The van der Waals surface area contributed by atoms with Crippen LogP contribution >= 0.6 is 0 Å². The maximum absolute atomic E-state index is 5.82. The van der Waals surface area contributed by atoms with Crippen LogP contribution in [-0.4, -0.2) is 18.1 Å². The van der Waals surface area contributed by atoms with Gasteiger partial charge in [-0.05, 0) is 37.1 Å². The lowest BCUT2D eigenvalue weighted by Gasteiger charge is -2.13. The summed E-state index contributed by atoms with van der Waals surface area (Å²) in [6, 6.07) is 8.08. The quantitative estimate of drug-likeness (QED) is 0.870. The maximum atomic E-state index is 5.82. The predicted octanol–water partition coefficient (Wildman–Crippen LogP) is 3.70. The minimum absolute atomic E-state index is 0.511. The number of benzene rings is 1. The molecule has 2 aromatic rings. The van der Waals surface area contributed by atoms with Crippen molar-refractivity contribution in [3.8, 4) is 5.75 Å². The Morgan fingerprint density at radius 2 is 2.11 bits per heavy atom. The second kappa shape index (κ2) is 5.71. The van der Waals surface area contributed by atoms with Crippen molar-refractivity contribution >= 4 is 16.6 Å². The fraction of sp³-hybridized carbons (Fsp3) is 0.400. The van der Waals surface area contributed by atoms with Crippen LogP contribution < -0.4 is 10.1 Å². The molecule has 0 bridgehead atoms. The van der Waals surface area contributed by atoms with Crippen LogP contribution in [0.4, 0.5) is 5.69 Å². The molecule has 18 heavy (non-hydrogen) atoms. The monoisotopic (exact) mass is 244 g/mol. The summed E-state index contributed by atoms with van der Waals surface area (Å²) in [5.74, 6) is 1.37. The molecule has 96 valence electrons. The molecule has 0 saturated carbocycles. The molecule has 0 spiro atoms. The highest BCUT2D eigenvalue weighted by molar-refractivity contribution is 5.95. The molecular formula is C15H20N2O. The van der Waals surface area contributed by atoms with Crippen molar-refractivity contribution in [2.45, 2.75) is 20.8 Å². The molecular weight excluding hydrogens is 224 g/mol. The highest BCUT2D eigenvalue weighted by Crippen LogP contribution is 2.30. The first-order valence-electron chi connectivity index (χ1n) is 6.46. The summed E-state index contributed by atoms with van der Waals surface area (Å²) in [6.45, 7) is 7.99. The molecule has 0 radical (unpaired) electrons. The molecule has 0 amide bonds. The van der Waals surface area contributed by atoms with Gasteiger partial charge >= 0.3 is 0 Å². The lowest BCUT2D eigenvalue weighted by molar-refractivity contribution is 0.273. The van der Waals surface area contributed by atoms with E-state index >= 15 is 0 Å². The molecule has 0 atom stereocenters. The molecule has 1 aromatic heterocycles. The standard InChI is InChI=1S/C15H20N2O/c1-4-16-13-7-8-14(18-10-11(2)3)15-12(13)6-5-9-17-15/h5-9,11,16H,4,10H2,1-3H3. The number of rotatable bonds is 5. The van der Waals surface area contributed by atoms with Crippen molar-refractivity contribution in [2.75, 3.05) is 18.5 Å². The average molecular weight is 244 g/mol. The molecule has 1 heterocycles. The molecule has 1 N–H and O–H groups in total. The number of anilines is 1. The van der Waals surface area contributed by atoms with Crippen LogP contribution in [0.15, 0.2) is 30.5 Å². The molecule has 0 aliphatic rings. The van der Waals surface area contributed by atoms with E-state index in [0.29, 0.717) is 12.5 Å². The highest BCUT2D eigenvalue weighted by atomic mass is 16.5. The van der Waals surface area contributed by atoms with Crippen molar-refractivity contribution in [3.05, 3.63) is 30.5 Å². The summed E-state index contributed by atoms with van der Waals surface area (Å²) in [5, 5.41) is 4.46. The lowest BCUT2D eigenvalue weighted by atomic mass is 10.1. The fourth-order valence-corrected chi connectivity index (χ4v) is 1.86. The third kappa shape index (κ3) is 2.73. The summed E-state index contributed by atoms with van der Waals surface area (Å²) in [5.41, 5.74) is 2.04. The minimum atomic E-state index is 0.511. The van der Waals surface area contributed by atoms with E-state index < -0.39 is 0 Å². The number of nitrogens with zero attached hydrogens (tertiary/aromatic N) is 1. The van der Waals surface area contributed by atoms with Crippen LogP contribution in [-0.2, 0) is 0 Å². The fourth-order valence-electron chi connectivity index (χ4n) is 1.86. The maximum Gasteiger partial charge on any atom is 0.145 e. The zero-order valence-electron chi connectivity index (χ0n) is 11.2. The van der Waals surface area contributed by atoms with Crippen molar-refractivity contribution in [1.82, 2.24) is 4.98 Å². The second-order valence-corrected chi connectivity index (χ2v) is 4.75. The molecule has 0 aliphatic carbocycles. The van der Waals surface area contributed by atoms with Crippen LogP contribution in [0, 0.1) is 5.92 Å². The van der Waals surface area contributed by atoms with E-state index in [-0.39, 0.29) is 0 Å². The Labute approximate surface area is 108 Å². The first-order chi connectivity index (χ1) is 8.72. The van der Waals surface area contributed by atoms with E-state index in [4.69, 9.17) is 4.74 Å². The van der Waals surface area contributed by atoms with Gasteiger partial charge in [-0.2, -0.15) is 0 Å². The van der Waals surface area contributed by atoms with Crippen molar-refractivity contribution in [3.63, 3.8) is 0 Å². The normalized spacial score (nSPS) is 10.9. The van der Waals surface area contributed by atoms with Gasteiger partial charge in [-0.25, -0.2) is 0 Å². The molecule has 1 aromatic carbocycles. The van der Waals surface area contributed by atoms with Crippen LogP contribution in [0.25, 0.3) is 10.9 Å². The summed E-state index contributed by atoms with van der Waals surface area (Å²) >= 11 is 0. The summed E-state index contributed by atoms with van der Waals surface area (Å²) in [7, 11) is 0. The molecule has 2 rings (SSSR count). The zero-order valence-corrected chi connectivity index (χ0v) is 11.2. The largest absolute Gasteiger partial charge is 0.491 e. The first-order valence-corrected chi connectivity index (χ1v) is 6.46. The molecule has 0 unspecified atom stereocenters. The number of nitrogens with one attached hydrogen (secondary N) is 1.